The average Bonchev–Trinajstić information content (AvgIpc) is 2.00. The van der Waals surface area contributed by atoms with Crippen LogP contribution in [0.2, 0.25) is 0 Å². The van der Waals surface area contributed by atoms with Gasteiger partial charge in [0.1, 0.15) is 0 Å². The highest BCUT2D eigenvalue weighted by Gasteiger charge is 2.35. The molecule has 1 unspecified atom stereocenters. The molecular formula is C11H21O. The zero-order valence-electron chi connectivity index (χ0n) is 8.72. The van der Waals surface area contributed by atoms with Crippen LogP contribution in [0.4, 0.5) is 0 Å². The Morgan fingerprint density at radius 3 is 2.17 bits per heavy atom. The molecule has 1 N–H and O–H groups in total. The van der Waals surface area contributed by atoms with E-state index in [2.05, 4.69) is 26.0 Å². The number of aliphatic hydroxyl groups is 1. The van der Waals surface area contributed by atoms with Gasteiger partial charge in [-0.25, -0.2) is 0 Å². The number of rotatable bonds is 4. The first-order valence-electron chi connectivity index (χ1n) is 4.56. The molecule has 0 aromatic rings. The lowest BCUT2D eigenvalue weighted by Gasteiger charge is -2.37. The van der Waals surface area contributed by atoms with Crippen molar-refractivity contribution in [3.8, 4) is 0 Å². The predicted molar refractivity (Wildman–Crippen MR) is 53.8 cm³/mol. The Morgan fingerprint density at radius 2 is 1.83 bits per heavy atom. The van der Waals surface area contributed by atoms with Gasteiger partial charge in [0.05, 0.1) is 5.60 Å². The third kappa shape index (κ3) is 2.63. The minimum Gasteiger partial charge on any atom is -0.389 e. The predicted octanol–water partition coefficient (Wildman–Crippen LogP) is 2.95. The van der Waals surface area contributed by atoms with Crippen LogP contribution in [-0.2, 0) is 0 Å². The molecule has 0 aliphatic rings. The van der Waals surface area contributed by atoms with E-state index in [0.29, 0.717) is 6.42 Å². The average molecular weight is 169 g/mol. The van der Waals surface area contributed by atoms with Crippen LogP contribution in [0.15, 0.2) is 12.2 Å². The summed E-state index contributed by atoms with van der Waals surface area (Å²) in [6, 6.07) is 0. The molecule has 0 heterocycles. The second-order valence-corrected chi connectivity index (χ2v) is 4.06. The van der Waals surface area contributed by atoms with Gasteiger partial charge >= 0.3 is 0 Å². The molecule has 12 heavy (non-hydrogen) atoms. The summed E-state index contributed by atoms with van der Waals surface area (Å²) < 4.78 is 0. The number of hydrogen-bond acceptors (Lipinski definition) is 1. The van der Waals surface area contributed by atoms with Crippen molar-refractivity contribution in [1.29, 1.82) is 0 Å². The smallest absolute Gasteiger partial charge is 0.0704 e. The van der Waals surface area contributed by atoms with Crippen molar-refractivity contribution < 1.29 is 5.11 Å². The summed E-state index contributed by atoms with van der Waals surface area (Å²) in [5.74, 6) is 0. The van der Waals surface area contributed by atoms with Crippen LogP contribution in [0.25, 0.3) is 0 Å². The summed E-state index contributed by atoms with van der Waals surface area (Å²) in [7, 11) is 0. The molecule has 0 aliphatic heterocycles. The SMILES string of the molecule is [CH2]CC(C)(O)C(C)(C)/C=C\CC. The molecule has 0 saturated heterocycles. The molecule has 0 fully saturated rings. The van der Waals surface area contributed by atoms with E-state index in [0.717, 1.165) is 6.42 Å². The highest BCUT2D eigenvalue weighted by molar-refractivity contribution is 5.04. The Kier molecular flexibility index (Phi) is 3.98. The minimum atomic E-state index is -0.710. The molecule has 0 aromatic carbocycles. The quantitative estimate of drug-likeness (QED) is 0.641. The zero-order valence-corrected chi connectivity index (χ0v) is 8.72. The standard InChI is InChI=1S/C11H21O/c1-6-8-9-10(3,4)11(5,12)7-2/h8-9,12H,2,6-7H2,1,3-5H3/b9-8-. The van der Waals surface area contributed by atoms with E-state index < -0.39 is 5.60 Å². The number of allylic oxidation sites excluding steroid dienone is 1. The van der Waals surface area contributed by atoms with Gasteiger partial charge in [-0.15, -0.1) is 0 Å². The summed E-state index contributed by atoms with van der Waals surface area (Å²) in [5, 5.41) is 9.96. The summed E-state index contributed by atoms with van der Waals surface area (Å²) >= 11 is 0. The molecule has 0 aliphatic carbocycles. The van der Waals surface area contributed by atoms with Gasteiger partial charge in [-0.05, 0) is 19.8 Å². The van der Waals surface area contributed by atoms with E-state index in [1.807, 2.05) is 20.8 Å². The molecule has 0 rings (SSSR count). The summed E-state index contributed by atoms with van der Waals surface area (Å²) in [6.45, 7) is 11.7. The molecule has 1 radical (unpaired) electrons. The Morgan fingerprint density at radius 1 is 1.33 bits per heavy atom. The van der Waals surface area contributed by atoms with E-state index in [1.165, 1.54) is 0 Å². The lowest BCUT2D eigenvalue weighted by molar-refractivity contribution is -0.0231. The van der Waals surface area contributed by atoms with Gasteiger partial charge in [-0.3, -0.25) is 0 Å². The van der Waals surface area contributed by atoms with Crippen LogP contribution in [0.5, 0.6) is 0 Å². The van der Waals surface area contributed by atoms with Crippen molar-refractivity contribution in [2.45, 2.75) is 46.1 Å². The molecule has 0 spiro atoms. The molecule has 1 heteroatoms. The Bertz CT molecular complexity index is 154. The fourth-order valence-electron chi connectivity index (χ4n) is 0.914. The lowest BCUT2D eigenvalue weighted by atomic mass is 9.74. The van der Waals surface area contributed by atoms with Gasteiger partial charge in [-0.2, -0.15) is 0 Å². The molecule has 1 nitrogen and oxygen atoms in total. The van der Waals surface area contributed by atoms with Crippen molar-refractivity contribution in [2.75, 3.05) is 0 Å². The maximum atomic E-state index is 9.96. The first kappa shape index (κ1) is 11.7. The third-order valence-electron chi connectivity index (χ3n) is 2.65. The van der Waals surface area contributed by atoms with Gasteiger partial charge in [-0.1, -0.05) is 39.8 Å². The first-order valence-corrected chi connectivity index (χ1v) is 4.56. The Labute approximate surface area is 76.5 Å². The zero-order chi connectivity index (χ0) is 9.83. The minimum absolute atomic E-state index is 0.190. The van der Waals surface area contributed by atoms with Crippen molar-refractivity contribution >= 4 is 0 Å². The van der Waals surface area contributed by atoms with Crippen LogP contribution in [-0.4, -0.2) is 10.7 Å². The molecule has 71 valence electrons. The van der Waals surface area contributed by atoms with Crippen LogP contribution in [0.3, 0.4) is 0 Å². The van der Waals surface area contributed by atoms with E-state index in [4.69, 9.17) is 0 Å². The largest absolute Gasteiger partial charge is 0.389 e. The molecule has 1 atom stereocenters. The summed E-state index contributed by atoms with van der Waals surface area (Å²) in [4.78, 5) is 0. The second-order valence-electron chi connectivity index (χ2n) is 4.06. The normalized spacial score (nSPS) is 18.2. The molecule has 0 amide bonds. The van der Waals surface area contributed by atoms with Crippen molar-refractivity contribution in [1.82, 2.24) is 0 Å². The highest BCUT2D eigenvalue weighted by Crippen LogP contribution is 2.34. The lowest BCUT2D eigenvalue weighted by Crippen LogP contribution is -2.39. The highest BCUT2D eigenvalue weighted by atomic mass is 16.3. The maximum Gasteiger partial charge on any atom is 0.0704 e. The van der Waals surface area contributed by atoms with Crippen molar-refractivity contribution in [2.24, 2.45) is 5.41 Å². The second kappa shape index (κ2) is 4.08. The fraction of sp³-hybridized carbons (Fsp3) is 0.727. The van der Waals surface area contributed by atoms with Gasteiger partial charge in [0.2, 0.25) is 0 Å². The number of hydrogen-bond donors (Lipinski definition) is 1. The topological polar surface area (TPSA) is 20.2 Å². The summed E-state index contributed by atoms with van der Waals surface area (Å²) in [6.07, 6.45) is 5.70. The van der Waals surface area contributed by atoms with E-state index >= 15 is 0 Å². The Balaban J connectivity index is 4.48. The molecule has 0 aromatic heterocycles. The maximum absolute atomic E-state index is 9.96. The van der Waals surface area contributed by atoms with Crippen molar-refractivity contribution in [3.05, 3.63) is 19.1 Å². The molecular weight excluding hydrogens is 148 g/mol. The van der Waals surface area contributed by atoms with Gasteiger partial charge in [0.15, 0.2) is 0 Å². The van der Waals surface area contributed by atoms with Crippen LogP contribution in [0, 0.1) is 12.3 Å². The molecule has 0 bridgehead atoms. The van der Waals surface area contributed by atoms with Crippen LogP contribution < -0.4 is 0 Å². The van der Waals surface area contributed by atoms with Crippen LogP contribution in [0.1, 0.15) is 40.5 Å². The van der Waals surface area contributed by atoms with Crippen molar-refractivity contribution in [3.63, 3.8) is 0 Å². The van der Waals surface area contributed by atoms with E-state index in [1.54, 1.807) is 0 Å². The van der Waals surface area contributed by atoms with Crippen LogP contribution >= 0.6 is 0 Å². The van der Waals surface area contributed by atoms with Gasteiger partial charge in [0, 0.05) is 5.41 Å². The van der Waals surface area contributed by atoms with Gasteiger partial charge in [0.25, 0.3) is 0 Å². The van der Waals surface area contributed by atoms with E-state index in [9.17, 15) is 5.11 Å². The first-order chi connectivity index (χ1) is 5.37. The monoisotopic (exact) mass is 169 g/mol. The van der Waals surface area contributed by atoms with E-state index in [-0.39, 0.29) is 5.41 Å². The van der Waals surface area contributed by atoms with Gasteiger partial charge < -0.3 is 5.11 Å². The Hall–Kier alpha value is -0.300. The summed E-state index contributed by atoms with van der Waals surface area (Å²) in [5.41, 5.74) is -0.899. The third-order valence-corrected chi connectivity index (χ3v) is 2.65. The fourth-order valence-corrected chi connectivity index (χ4v) is 0.914. The molecule has 0 saturated carbocycles.